The highest BCUT2D eigenvalue weighted by Gasteiger charge is 2.25. The molecule has 1 unspecified atom stereocenters. The third kappa shape index (κ3) is 7.52. The number of aromatic hydroxyl groups is 1. The molecule has 188 valence electrons. The van der Waals surface area contributed by atoms with Crippen molar-refractivity contribution >= 4 is 5.97 Å². The molecule has 8 nitrogen and oxygen atoms in total. The fourth-order valence-electron chi connectivity index (χ4n) is 5.55. The van der Waals surface area contributed by atoms with Crippen LogP contribution in [-0.4, -0.2) is 43.2 Å². The summed E-state index contributed by atoms with van der Waals surface area (Å²) in [5, 5.41) is 30.4. The highest BCUT2D eigenvalue weighted by Crippen LogP contribution is 2.28. The second-order valence-electron chi connectivity index (χ2n) is 10.1. The molecule has 1 aromatic rings. The van der Waals surface area contributed by atoms with Crippen molar-refractivity contribution in [3.05, 3.63) is 16.2 Å². The summed E-state index contributed by atoms with van der Waals surface area (Å²) in [5.41, 5.74) is 3.46. The van der Waals surface area contributed by atoms with Crippen LogP contribution in [0.15, 0.2) is 4.79 Å². The normalized spacial score (nSPS) is 18.9. The first-order chi connectivity index (χ1) is 16.0. The zero-order valence-corrected chi connectivity index (χ0v) is 20.0. The molecule has 0 bridgehead atoms. The molecular weight excluding hydrogens is 422 g/mol. The van der Waals surface area contributed by atoms with Gasteiger partial charge in [0, 0.05) is 13.0 Å². The molecular formula is C25H43N3O5. The van der Waals surface area contributed by atoms with Gasteiger partial charge < -0.3 is 20.7 Å². The van der Waals surface area contributed by atoms with Crippen LogP contribution in [0.2, 0.25) is 0 Å². The number of aliphatic carboxylic acids is 1. The van der Waals surface area contributed by atoms with Crippen molar-refractivity contribution in [3.63, 3.8) is 0 Å². The highest BCUT2D eigenvalue weighted by molar-refractivity contribution is 5.66. The summed E-state index contributed by atoms with van der Waals surface area (Å²) in [6, 6.07) is 0. The number of aliphatic hydroxyl groups excluding tert-OH is 1. The van der Waals surface area contributed by atoms with E-state index in [0.717, 1.165) is 57.8 Å². The lowest BCUT2D eigenvalue weighted by molar-refractivity contribution is -0.137. The van der Waals surface area contributed by atoms with Gasteiger partial charge in [-0.05, 0) is 56.8 Å². The van der Waals surface area contributed by atoms with Crippen molar-refractivity contribution < 1.29 is 20.1 Å². The van der Waals surface area contributed by atoms with Gasteiger partial charge in [0.05, 0.1) is 12.6 Å². The van der Waals surface area contributed by atoms with E-state index in [1.54, 1.807) is 0 Å². The molecule has 2 saturated carbocycles. The summed E-state index contributed by atoms with van der Waals surface area (Å²) in [5.74, 6) is -0.0646. The predicted molar refractivity (Wildman–Crippen MR) is 128 cm³/mol. The Kier molecular flexibility index (Phi) is 10.2. The molecule has 1 atom stereocenters. The lowest BCUT2D eigenvalue weighted by atomic mass is 9.85. The van der Waals surface area contributed by atoms with Crippen LogP contribution in [0, 0.1) is 11.8 Å². The number of nitrogens with one attached hydrogen (secondary N) is 1. The monoisotopic (exact) mass is 465 g/mol. The van der Waals surface area contributed by atoms with Crippen LogP contribution in [0.4, 0.5) is 0 Å². The van der Waals surface area contributed by atoms with E-state index in [1.165, 1.54) is 34.9 Å². The SMILES string of the molecule is O=C(O)CCCCCCc1c(O)n(CC2CCCCC2)c(=O)n1NCC(O)C1CCCCC1. The highest BCUT2D eigenvalue weighted by atomic mass is 16.4. The first-order valence-electron chi connectivity index (χ1n) is 13.1. The molecule has 33 heavy (non-hydrogen) atoms. The molecule has 0 aromatic carbocycles. The van der Waals surface area contributed by atoms with Gasteiger partial charge in [-0.25, -0.2) is 9.47 Å². The van der Waals surface area contributed by atoms with Crippen molar-refractivity contribution in [2.24, 2.45) is 11.8 Å². The second-order valence-corrected chi connectivity index (χ2v) is 10.1. The Labute approximate surface area is 197 Å². The molecule has 1 aromatic heterocycles. The maximum atomic E-state index is 13.2. The van der Waals surface area contributed by atoms with Crippen LogP contribution in [0.25, 0.3) is 0 Å². The minimum absolute atomic E-state index is 0.0377. The first-order valence-corrected chi connectivity index (χ1v) is 13.1. The van der Waals surface area contributed by atoms with Crippen LogP contribution in [0.3, 0.4) is 0 Å². The van der Waals surface area contributed by atoms with E-state index < -0.39 is 12.1 Å². The number of aromatic nitrogens is 2. The van der Waals surface area contributed by atoms with Gasteiger partial charge in [0.2, 0.25) is 5.88 Å². The summed E-state index contributed by atoms with van der Waals surface area (Å²) in [6.45, 7) is 0.833. The molecule has 0 radical (unpaired) electrons. The third-order valence-electron chi connectivity index (χ3n) is 7.58. The lowest BCUT2D eigenvalue weighted by Gasteiger charge is -2.27. The Morgan fingerprint density at radius 1 is 0.970 bits per heavy atom. The van der Waals surface area contributed by atoms with Gasteiger partial charge in [-0.3, -0.25) is 9.36 Å². The average Bonchev–Trinajstić information content (AvgIpc) is 3.04. The molecule has 2 aliphatic carbocycles. The maximum absolute atomic E-state index is 13.2. The van der Waals surface area contributed by atoms with Gasteiger partial charge in [0.25, 0.3) is 0 Å². The zero-order chi connectivity index (χ0) is 23.6. The molecule has 0 amide bonds. The summed E-state index contributed by atoms with van der Waals surface area (Å²) in [7, 11) is 0. The largest absolute Gasteiger partial charge is 0.493 e. The van der Waals surface area contributed by atoms with Crippen LogP contribution >= 0.6 is 0 Å². The van der Waals surface area contributed by atoms with Gasteiger partial charge in [-0.2, -0.15) is 0 Å². The Morgan fingerprint density at radius 2 is 1.61 bits per heavy atom. The number of nitrogens with zero attached hydrogens (tertiary/aromatic N) is 2. The van der Waals surface area contributed by atoms with Gasteiger partial charge in [-0.1, -0.05) is 51.4 Å². The fourth-order valence-corrected chi connectivity index (χ4v) is 5.55. The first kappa shape index (κ1) is 25.7. The number of rotatable bonds is 13. The number of carbonyl (C=O) groups is 1. The number of carboxylic acid groups (broad SMARTS) is 1. The van der Waals surface area contributed by atoms with Crippen molar-refractivity contribution in [3.8, 4) is 5.88 Å². The smallest absolute Gasteiger partial charge is 0.349 e. The van der Waals surface area contributed by atoms with Gasteiger partial charge in [0.1, 0.15) is 5.69 Å². The molecule has 4 N–H and O–H groups in total. The number of hydrogen-bond acceptors (Lipinski definition) is 5. The van der Waals surface area contributed by atoms with E-state index in [9.17, 15) is 19.8 Å². The Hall–Kier alpha value is -1.96. The number of imidazole rings is 1. The number of aliphatic hydroxyl groups is 1. The molecule has 0 spiro atoms. The minimum Gasteiger partial charge on any atom is -0.493 e. The van der Waals surface area contributed by atoms with E-state index in [2.05, 4.69) is 5.43 Å². The molecule has 0 saturated heterocycles. The summed E-state index contributed by atoms with van der Waals surface area (Å²) < 4.78 is 2.97. The molecule has 8 heteroatoms. The van der Waals surface area contributed by atoms with Gasteiger partial charge >= 0.3 is 11.7 Å². The molecule has 3 rings (SSSR count). The van der Waals surface area contributed by atoms with Crippen molar-refractivity contribution in [2.45, 2.75) is 115 Å². The van der Waals surface area contributed by atoms with E-state index in [0.29, 0.717) is 37.5 Å². The maximum Gasteiger partial charge on any atom is 0.349 e. The van der Waals surface area contributed by atoms with Crippen molar-refractivity contribution in [1.29, 1.82) is 0 Å². The Morgan fingerprint density at radius 3 is 2.27 bits per heavy atom. The topological polar surface area (TPSA) is 117 Å². The fraction of sp³-hybridized carbons (Fsp3) is 0.840. The number of carboxylic acids is 1. The molecule has 2 aliphatic rings. The standard InChI is InChI=1S/C25H43N3O5/c29-22(20-13-7-4-8-14-20)17-26-28-21(15-9-1-2-10-16-23(30)31)24(32)27(25(28)33)18-19-11-5-3-6-12-19/h19-20,22,26,29,32H,1-18H2,(H,30,31). The van der Waals surface area contributed by atoms with E-state index in [4.69, 9.17) is 5.11 Å². The summed E-state index contributed by atoms with van der Waals surface area (Å²) >= 11 is 0. The van der Waals surface area contributed by atoms with Crippen LogP contribution in [-0.2, 0) is 17.8 Å². The summed E-state index contributed by atoms with van der Waals surface area (Å²) in [4.78, 5) is 23.9. The van der Waals surface area contributed by atoms with Crippen molar-refractivity contribution in [2.75, 3.05) is 12.0 Å². The van der Waals surface area contributed by atoms with E-state index in [1.807, 2.05) is 0 Å². The molecule has 2 fully saturated rings. The van der Waals surface area contributed by atoms with Crippen LogP contribution in [0.5, 0.6) is 5.88 Å². The lowest BCUT2D eigenvalue weighted by Crippen LogP contribution is -2.39. The Bertz CT molecular complexity index is 791. The Balaban J connectivity index is 1.66. The number of unbranched alkanes of at least 4 members (excludes halogenated alkanes) is 3. The van der Waals surface area contributed by atoms with Gasteiger partial charge in [0.15, 0.2) is 0 Å². The summed E-state index contributed by atoms with van der Waals surface area (Å²) in [6.07, 6.45) is 14.6. The molecule has 1 heterocycles. The van der Waals surface area contributed by atoms with Crippen LogP contribution in [0.1, 0.15) is 102 Å². The van der Waals surface area contributed by atoms with E-state index in [-0.39, 0.29) is 23.9 Å². The van der Waals surface area contributed by atoms with Crippen LogP contribution < -0.4 is 11.1 Å². The average molecular weight is 466 g/mol. The van der Waals surface area contributed by atoms with Crippen molar-refractivity contribution in [1.82, 2.24) is 9.24 Å². The quantitative estimate of drug-likeness (QED) is 0.327. The number of hydrogen-bond donors (Lipinski definition) is 4. The zero-order valence-electron chi connectivity index (χ0n) is 20.0. The van der Waals surface area contributed by atoms with Gasteiger partial charge in [-0.15, -0.1) is 0 Å². The third-order valence-corrected chi connectivity index (χ3v) is 7.58. The molecule has 0 aliphatic heterocycles. The predicted octanol–water partition coefficient (Wildman–Crippen LogP) is 4.00. The second kappa shape index (κ2) is 13.1. The minimum atomic E-state index is -0.776. The van der Waals surface area contributed by atoms with E-state index >= 15 is 0 Å².